The molecule has 0 amide bonds. The number of benzene rings is 1. The van der Waals surface area contributed by atoms with Gasteiger partial charge in [0.25, 0.3) is 0 Å². The van der Waals surface area contributed by atoms with E-state index in [0.29, 0.717) is 0 Å². The zero-order valence-corrected chi connectivity index (χ0v) is 13.3. The molecular formula is C13H19BrN2O2S. The van der Waals surface area contributed by atoms with Crippen LogP contribution in [0.2, 0.25) is 0 Å². The molecule has 4 nitrogen and oxygen atoms in total. The van der Waals surface area contributed by atoms with Crippen LogP contribution < -0.4 is 10.0 Å². The van der Waals surface area contributed by atoms with Gasteiger partial charge in [-0.3, -0.25) is 0 Å². The van der Waals surface area contributed by atoms with Gasteiger partial charge < -0.3 is 5.32 Å². The van der Waals surface area contributed by atoms with Crippen LogP contribution in [0.5, 0.6) is 0 Å². The van der Waals surface area contributed by atoms with E-state index in [1.165, 1.54) is 0 Å². The van der Waals surface area contributed by atoms with Crippen molar-refractivity contribution in [2.45, 2.75) is 31.8 Å². The highest BCUT2D eigenvalue weighted by atomic mass is 79.9. The fourth-order valence-corrected chi connectivity index (χ4v) is 4.33. The van der Waals surface area contributed by atoms with Gasteiger partial charge in [0.05, 0.1) is 5.75 Å². The zero-order valence-electron chi connectivity index (χ0n) is 10.9. The van der Waals surface area contributed by atoms with Crippen LogP contribution in [0.4, 0.5) is 0 Å². The largest absolute Gasteiger partial charge is 0.313 e. The summed E-state index contributed by atoms with van der Waals surface area (Å²) in [5.41, 5.74) is 0.956. The van der Waals surface area contributed by atoms with Crippen LogP contribution in [0.25, 0.3) is 0 Å². The Morgan fingerprint density at radius 2 is 2.32 bits per heavy atom. The predicted molar refractivity (Wildman–Crippen MR) is 80.5 cm³/mol. The average molecular weight is 347 g/mol. The van der Waals surface area contributed by atoms with Crippen LogP contribution in [0.3, 0.4) is 0 Å². The highest BCUT2D eigenvalue weighted by Gasteiger charge is 2.23. The van der Waals surface area contributed by atoms with E-state index in [1.807, 2.05) is 31.2 Å². The van der Waals surface area contributed by atoms with Crippen LogP contribution in [0, 0.1) is 0 Å². The quantitative estimate of drug-likeness (QED) is 0.858. The van der Waals surface area contributed by atoms with E-state index in [0.717, 1.165) is 29.4 Å². The highest BCUT2D eigenvalue weighted by molar-refractivity contribution is 9.10. The lowest BCUT2D eigenvalue weighted by molar-refractivity contribution is 0.551. The lowest BCUT2D eigenvalue weighted by Gasteiger charge is -2.17. The second-order valence-corrected chi connectivity index (χ2v) is 7.68. The minimum Gasteiger partial charge on any atom is -0.313 e. The summed E-state index contributed by atoms with van der Waals surface area (Å²) in [5, 5.41) is 3.21. The number of rotatable bonds is 5. The maximum Gasteiger partial charge on any atom is 0.213 e. The molecule has 19 heavy (non-hydrogen) atoms. The van der Waals surface area contributed by atoms with E-state index < -0.39 is 10.0 Å². The zero-order chi connectivity index (χ0) is 13.9. The Labute approximate surface area is 123 Å². The molecule has 2 atom stereocenters. The molecule has 1 fully saturated rings. The van der Waals surface area contributed by atoms with Gasteiger partial charge in [-0.05, 0) is 44.0 Å². The van der Waals surface area contributed by atoms with Crippen molar-refractivity contribution in [2.75, 3.05) is 12.3 Å². The molecule has 2 unspecified atom stereocenters. The minimum atomic E-state index is -3.25. The fraction of sp³-hybridized carbons (Fsp3) is 0.538. The maximum atomic E-state index is 12.1. The number of halogens is 1. The highest BCUT2D eigenvalue weighted by Crippen LogP contribution is 2.19. The van der Waals surface area contributed by atoms with E-state index in [1.54, 1.807) is 0 Å². The van der Waals surface area contributed by atoms with Crippen molar-refractivity contribution in [3.63, 3.8) is 0 Å². The summed E-state index contributed by atoms with van der Waals surface area (Å²) in [6.07, 6.45) is 1.99. The molecule has 0 saturated carbocycles. The molecular weight excluding hydrogens is 328 g/mol. The smallest absolute Gasteiger partial charge is 0.213 e. The van der Waals surface area contributed by atoms with Gasteiger partial charge in [0.1, 0.15) is 0 Å². The molecule has 1 saturated heterocycles. The van der Waals surface area contributed by atoms with Gasteiger partial charge >= 0.3 is 0 Å². The molecule has 0 aromatic heterocycles. The van der Waals surface area contributed by atoms with Crippen molar-refractivity contribution < 1.29 is 8.42 Å². The van der Waals surface area contributed by atoms with E-state index in [-0.39, 0.29) is 17.8 Å². The van der Waals surface area contributed by atoms with Crippen LogP contribution >= 0.6 is 15.9 Å². The molecule has 2 rings (SSSR count). The Hall–Kier alpha value is -0.430. The number of sulfonamides is 1. The Balaban J connectivity index is 1.98. The van der Waals surface area contributed by atoms with Gasteiger partial charge in [0.2, 0.25) is 10.0 Å². The maximum absolute atomic E-state index is 12.1. The third-order valence-electron chi connectivity index (χ3n) is 3.29. The first-order valence-electron chi connectivity index (χ1n) is 6.45. The summed E-state index contributed by atoms with van der Waals surface area (Å²) in [6, 6.07) is 7.55. The summed E-state index contributed by atoms with van der Waals surface area (Å²) >= 11 is 3.39. The van der Waals surface area contributed by atoms with Gasteiger partial charge in [-0.2, -0.15) is 0 Å². The first-order valence-corrected chi connectivity index (χ1v) is 8.90. The van der Waals surface area contributed by atoms with Gasteiger partial charge in [0.15, 0.2) is 0 Å². The third-order valence-corrected chi connectivity index (χ3v) is 5.34. The Morgan fingerprint density at radius 3 is 2.95 bits per heavy atom. The first-order chi connectivity index (χ1) is 8.96. The van der Waals surface area contributed by atoms with Gasteiger partial charge in [-0.25, -0.2) is 13.1 Å². The summed E-state index contributed by atoms with van der Waals surface area (Å²) in [4.78, 5) is 0. The topological polar surface area (TPSA) is 58.2 Å². The van der Waals surface area contributed by atoms with Crippen molar-refractivity contribution >= 4 is 26.0 Å². The molecule has 1 heterocycles. The molecule has 0 radical (unpaired) electrons. The molecule has 1 aliphatic heterocycles. The molecule has 0 spiro atoms. The standard InChI is InChI=1S/C13H19BrN2O2S/c1-10(11-4-2-5-12(14)8-11)16-19(17,18)9-13-6-3-7-15-13/h2,4-5,8,10,13,15-16H,3,6-7,9H2,1H3. The minimum absolute atomic E-state index is 0.0900. The van der Waals surface area contributed by atoms with Crippen LogP contribution in [-0.4, -0.2) is 26.8 Å². The third kappa shape index (κ3) is 4.56. The SMILES string of the molecule is CC(NS(=O)(=O)CC1CCCN1)c1cccc(Br)c1. The summed E-state index contributed by atoms with van der Waals surface area (Å²) < 4.78 is 27.9. The van der Waals surface area contributed by atoms with Crippen molar-refractivity contribution in [1.29, 1.82) is 0 Å². The van der Waals surface area contributed by atoms with Crippen molar-refractivity contribution in [1.82, 2.24) is 10.0 Å². The van der Waals surface area contributed by atoms with Crippen LogP contribution in [0.1, 0.15) is 31.4 Å². The molecule has 0 aliphatic carbocycles. The summed E-state index contributed by atoms with van der Waals surface area (Å²) in [5.74, 6) is 0.158. The molecule has 1 aliphatic rings. The van der Waals surface area contributed by atoms with Crippen molar-refractivity contribution in [3.8, 4) is 0 Å². The van der Waals surface area contributed by atoms with E-state index >= 15 is 0 Å². The van der Waals surface area contributed by atoms with Gasteiger partial charge in [-0.15, -0.1) is 0 Å². The van der Waals surface area contributed by atoms with Crippen molar-refractivity contribution in [3.05, 3.63) is 34.3 Å². The second kappa shape index (κ2) is 6.35. The normalized spacial score (nSPS) is 21.5. The Kier molecular flexibility index (Phi) is 5.00. The molecule has 2 N–H and O–H groups in total. The molecule has 0 bridgehead atoms. The Bertz CT molecular complexity index is 527. The number of hydrogen-bond acceptors (Lipinski definition) is 3. The second-order valence-electron chi connectivity index (χ2n) is 4.97. The van der Waals surface area contributed by atoms with Crippen LogP contribution in [-0.2, 0) is 10.0 Å². The Morgan fingerprint density at radius 1 is 1.53 bits per heavy atom. The van der Waals surface area contributed by atoms with E-state index in [9.17, 15) is 8.42 Å². The average Bonchev–Trinajstić information content (AvgIpc) is 2.80. The molecule has 1 aromatic carbocycles. The molecule has 6 heteroatoms. The summed E-state index contributed by atoms with van der Waals surface area (Å²) in [6.45, 7) is 2.78. The summed E-state index contributed by atoms with van der Waals surface area (Å²) in [7, 11) is -3.25. The lowest BCUT2D eigenvalue weighted by Crippen LogP contribution is -2.37. The molecule has 106 valence electrons. The van der Waals surface area contributed by atoms with Crippen molar-refractivity contribution in [2.24, 2.45) is 0 Å². The van der Waals surface area contributed by atoms with Gasteiger partial charge in [0, 0.05) is 16.6 Å². The van der Waals surface area contributed by atoms with Crippen LogP contribution in [0.15, 0.2) is 28.7 Å². The predicted octanol–water partition coefficient (Wildman–Crippen LogP) is 2.18. The number of nitrogens with one attached hydrogen (secondary N) is 2. The monoisotopic (exact) mass is 346 g/mol. The van der Waals surface area contributed by atoms with Gasteiger partial charge in [-0.1, -0.05) is 28.1 Å². The first kappa shape index (κ1) is 15.0. The molecule has 1 aromatic rings. The number of hydrogen-bond donors (Lipinski definition) is 2. The van der Waals surface area contributed by atoms with E-state index in [4.69, 9.17) is 0 Å². The van der Waals surface area contributed by atoms with E-state index in [2.05, 4.69) is 26.0 Å². The lowest BCUT2D eigenvalue weighted by atomic mass is 10.1. The fourth-order valence-electron chi connectivity index (χ4n) is 2.33.